The van der Waals surface area contributed by atoms with Gasteiger partial charge in [0.2, 0.25) is 5.95 Å². The zero-order valence-electron chi connectivity index (χ0n) is 19.1. The van der Waals surface area contributed by atoms with Crippen LogP contribution in [0.3, 0.4) is 0 Å². The molecule has 5 aromatic rings. The summed E-state index contributed by atoms with van der Waals surface area (Å²) >= 11 is 6.09. The van der Waals surface area contributed by atoms with Gasteiger partial charge in [-0.3, -0.25) is 4.79 Å². The SMILES string of the molecule is Nc1ccc(-c2cnc(C3CCCc4cc(-c5c(-n6cnnn6)ccc(Cl)c5F)cc(=O)n43)[nH]2)c(F)n1. The molecule has 1 aromatic carbocycles. The van der Waals surface area contributed by atoms with Gasteiger partial charge in [-0.2, -0.15) is 9.07 Å². The number of aromatic amines is 1. The van der Waals surface area contributed by atoms with Gasteiger partial charge in [0.15, 0.2) is 5.82 Å². The molecular formula is C24H18ClF2N9O. The normalized spacial score (nSPS) is 15.1. The van der Waals surface area contributed by atoms with E-state index in [1.54, 1.807) is 16.7 Å². The number of nitrogens with zero attached hydrogens (tertiary/aromatic N) is 7. The molecule has 6 rings (SSSR count). The van der Waals surface area contributed by atoms with Gasteiger partial charge in [0, 0.05) is 17.3 Å². The summed E-state index contributed by atoms with van der Waals surface area (Å²) in [6, 6.07) is 8.73. The van der Waals surface area contributed by atoms with E-state index in [-0.39, 0.29) is 27.5 Å². The Morgan fingerprint density at radius 3 is 2.81 bits per heavy atom. The number of nitrogens with one attached hydrogen (secondary N) is 1. The number of aryl methyl sites for hydroxylation is 1. The van der Waals surface area contributed by atoms with Crippen molar-refractivity contribution in [2.45, 2.75) is 25.3 Å². The smallest absolute Gasteiger partial charge is 0.252 e. The van der Waals surface area contributed by atoms with Crippen molar-refractivity contribution in [1.82, 2.24) is 39.7 Å². The molecule has 0 aliphatic carbocycles. The van der Waals surface area contributed by atoms with Crippen molar-refractivity contribution in [2.75, 3.05) is 5.73 Å². The molecule has 0 amide bonds. The van der Waals surface area contributed by atoms with E-state index in [2.05, 4.69) is 30.5 Å². The van der Waals surface area contributed by atoms with Gasteiger partial charge < -0.3 is 15.3 Å². The molecule has 0 bridgehead atoms. The number of halogens is 3. The molecular weight excluding hydrogens is 504 g/mol. The largest absolute Gasteiger partial charge is 0.384 e. The number of tetrazole rings is 1. The van der Waals surface area contributed by atoms with Gasteiger partial charge in [0.1, 0.15) is 18.0 Å². The number of aromatic nitrogens is 8. The molecule has 0 saturated heterocycles. The van der Waals surface area contributed by atoms with Crippen LogP contribution in [0, 0.1) is 11.8 Å². The minimum absolute atomic E-state index is 0.0731. The standard InChI is InChI=1S/C24H18ClF2N9O/c25-15-5-6-17(35-11-30-33-34-35)21(22(15)26)12-8-13-2-1-3-18(36(13)20(37)9-12)24-29-10-16(31-24)14-4-7-19(28)32-23(14)27/h4-11,18H,1-3H2,(H2,28,32)(H,29,31). The van der Waals surface area contributed by atoms with E-state index in [1.807, 2.05) is 0 Å². The lowest BCUT2D eigenvalue weighted by Gasteiger charge is -2.27. The second kappa shape index (κ2) is 8.89. The van der Waals surface area contributed by atoms with Crippen molar-refractivity contribution in [3.63, 3.8) is 0 Å². The van der Waals surface area contributed by atoms with E-state index in [4.69, 9.17) is 17.3 Å². The summed E-state index contributed by atoms with van der Waals surface area (Å²) in [4.78, 5) is 24.6. The van der Waals surface area contributed by atoms with E-state index < -0.39 is 17.8 Å². The predicted octanol–water partition coefficient (Wildman–Crippen LogP) is 3.72. The zero-order valence-corrected chi connectivity index (χ0v) is 19.8. The molecule has 0 radical (unpaired) electrons. The number of fused-ring (bicyclic) bond motifs is 1. The lowest BCUT2D eigenvalue weighted by Crippen LogP contribution is -2.32. The predicted molar refractivity (Wildman–Crippen MR) is 131 cm³/mol. The van der Waals surface area contributed by atoms with Crippen LogP contribution in [0.1, 0.15) is 30.4 Å². The van der Waals surface area contributed by atoms with Crippen molar-refractivity contribution in [3.8, 4) is 28.1 Å². The van der Waals surface area contributed by atoms with Crippen LogP contribution in [0.2, 0.25) is 5.02 Å². The summed E-state index contributed by atoms with van der Waals surface area (Å²) in [5, 5.41) is 11.0. The number of pyridine rings is 2. The Labute approximate surface area is 212 Å². The zero-order chi connectivity index (χ0) is 25.7. The number of H-pyrrole nitrogens is 1. The van der Waals surface area contributed by atoms with Crippen LogP contribution in [0.15, 0.2) is 53.7 Å². The maximum Gasteiger partial charge on any atom is 0.252 e. The van der Waals surface area contributed by atoms with Crippen molar-refractivity contribution >= 4 is 17.4 Å². The molecule has 0 fully saturated rings. The van der Waals surface area contributed by atoms with Crippen molar-refractivity contribution in [2.24, 2.45) is 0 Å². The molecule has 10 nitrogen and oxygen atoms in total. The highest BCUT2D eigenvalue weighted by Gasteiger charge is 2.27. The third-order valence-corrected chi connectivity index (χ3v) is 6.69. The number of benzene rings is 1. The highest BCUT2D eigenvalue weighted by molar-refractivity contribution is 6.31. The number of nitrogen functional groups attached to an aromatic ring is 1. The molecule has 1 aliphatic rings. The first-order valence-corrected chi connectivity index (χ1v) is 11.7. The Morgan fingerprint density at radius 2 is 2.03 bits per heavy atom. The van der Waals surface area contributed by atoms with E-state index in [1.165, 1.54) is 41.5 Å². The first-order valence-electron chi connectivity index (χ1n) is 11.3. The molecule has 13 heteroatoms. The van der Waals surface area contributed by atoms with Gasteiger partial charge >= 0.3 is 0 Å². The van der Waals surface area contributed by atoms with E-state index >= 15 is 4.39 Å². The van der Waals surface area contributed by atoms with Crippen LogP contribution in [0.4, 0.5) is 14.6 Å². The van der Waals surface area contributed by atoms with Crippen molar-refractivity contribution in [3.05, 3.63) is 87.6 Å². The lowest BCUT2D eigenvalue weighted by atomic mass is 9.96. The van der Waals surface area contributed by atoms with Crippen LogP contribution in [-0.4, -0.2) is 39.7 Å². The fraction of sp³-hybridized carbons (Fsp3) is 0.167. The molecule has 186 valence electrons. The maximum atomic E-state index is 15.3. The third-order valence-electron chi connectivity index (χ3n) is 6.40. The number of nitrogens with two attached hydrogens (primary N) is 1. The Balaban J connectivity index is 1.44. The van der Waals surface area contributed by atoms with Gasteiger partial charge in [-0.25, -0.2) is 14.4 Å². The van der Waals surface area contributed by atoms with Gasteiger partial charge in [0.05, 0.1) is 34.2 Å². The fourth-order valence-corrected chi connectivity index (χ4v) is 4.92. The highest BCUT2D eigenvalue weighted by atomic mass is 35.5. The number of hydrogen-bond acceptors (Lipinski definition) is 7. The summed E-state index contributed by atoms with van der Waals surface area (Å²) in [7, 11) is 0. The first kappa shape index (κ1) is 23.0. The van der Waals surface area contributed by atoms with E-state index in [0.29, 0.717) is 41.3 Å². The minimum atomic E-state index is -0.719. The Morgan fingerprint density at radius 1 is 1.16 bits per heavy atom. The molecule has 5 heterocycles. The van der Waals surface area contributed by atoms with Crippen molar-refractivity contribution in [1.29, 1.82) is 0 Å². The van der Waals surface area contributed by atoms with Crippen LogP contribution >= 0.6 is 11.6 Å². The molecule has 4 aromatic heterocycles. The number of rotatable bonds is 4. The fourth-order valence-electron chi connectivity index (χ4n) is 4.76. The van der Waals surface area contributed by atoms with Crippen LogP contribution in [0.5, 0.6) is 0 Å². The Hall–Kier alpha value is -4.45. The minimum Gasteiger partial charge on any atom is -0.384 e. The van der Waals surface area contributed by atoms with Crippen LogP contribution in [-0.2, 0) is 6.42 Å². The van der Waals surface area contributed by atoms with Crippen LogP contribution < -0.4 is 11.3 Å². The van der Waals surface area contributed by atoms with Gasteiger partial charge in [-0.15, -0.1) is 5.10 Å². The molecule has 1 atom stereocenters. The van der Waals surface area contributed by atoms with Crippen molar-refractivity contribution < 1.29 is 8.78 Å². The summed E-state index contributed by atoms with van der Waals surface area (Å²) in [6.07, 6.45) is 4.84. The van der Waals surface area contributed by atoms with Gasteiger partial charge in [0.25, 0.3) is 5.56 Å². The molecule has 3 N–H and O–H groups in total. The Bertz CT molecular complexity index is 1700. The average Bonchev–Trinajstić information content (AvgIpc) is 3.58. The quantitative estimate of drug-likeness (QED) is 0.344. The number of hydrogen-bond donors (Lipinski definition) is 2. The number of imidazole rings is 1. The topological polar surface area (TPSA) is 133 Å². The Kier molecular flexibility index (Phi) is 5.52. The molecule has 1 unspecified atom stereocenters. The second-order valence-corrected chi connectivity index (χ2v) is 9.03. The summed E-state index contributed by atoms with van der Waals surface area (Å²) < 4.78 is 32.6. The number of anilines is 1. The summed E-state index contributed by atoms with van der Waals surface area (Å²) in [5.41, 5.74) is 7.39. The first-order chi connectivity index (χ1) is 17.9. The molecule has 0 spiro atoms. The average molecular weight is 522 g/mol. The monoisotopic (exact) mass is 521 g/mol. The molecule has 1 aliphatic heterocycles. The molecule has 0 saturated carbocycles. The second-order valence-electron chi connectivity index (χ2n) is 8.62. The highest BCUT2D eigenvalue weighted by Crippen LogP contribution is 2.36. The van der Waals surface area contributed by atoms with E-state index in [0.717, 1.165) is 6.42 Å². The van der Waals surface area contributed by atoms with Gasteiger partial charge in [-0.05, 0) is 65.6 Å². The van der Waals surface area contributed by atoms with E-state index in [9.17, 15) is 9.18 Å². The van der Waals surface area contributed by atoms with Crippen LogP contribution in [0.25, 0.3) is 28.1 Å². The molecule has 37 heavy (non-hydrogen) atoms. The summed E-state index contributed by atoms with van der Waals surface area (Å²) in [6.45, 7) is 0. The maximum absolute atomic E-state index is 15.3. The third kappa shape index (κ3) is 3.95. The summed E-state index contributed by atoms with van der Waals surface area (Å²) in [5.74, 6) is -0.821. The lowest BCUT2D eigenvalue weighted by molar-refractivity contribution is 0.427. The van der Waals surface area contributed by atoms with Gasteiger partial charge in [-0.1, -0.05) is 11.6 Å².